The summed E-state index contributed by atoms with van der Waals surface area (Å²) in [6, 6.07) is 3.94. The van der Waals surface area contributed by atoms with Crippen molar-refractivity contribution in [3.8, 4) is 10.9 Å². The number of aryl methyl sites for hydroxylation is 2. The third kappa shape index (κ3) is 2.35. The van der Waals surface area contributed by atoms with Crippen LogP contribution in [0.3, 0.4) is 0 Å². The molecule has 0 unspecified atom stereocenters. The van der Waals surface area contributed by atoms with Crippen LogP contribution in [-0.4, -0.2) is 9.36 Å². The van der Waals surface area contributed by atoms with Crippen molar-refractivity contribution in [2.24, 2.45) is 0 Å². The van der Waals surface area contributed by atoms with Gasteiger partial charge in [-0.25, -0.2) is 0 Å². The van der Waals surface area contributed by atoms with Gasteiger partial charge in [0.1, 0.15) is 12.1 Å². The van der Waals surface area contributed by atoms with E-state index in [4.69, 9.17) is 4.74 Å². The number of aromatic nitrogens is 2. The Kier molecular flexibility index (Phi) is 3.02. The minimum absolute atomic E-state index is 0.566. The fourth-order valence-electron chi connectivity index (χ4n) is 1.27. The summed E-state index contributed by atoms with van der Waals surface area (Å²) < 4.78 is 10.6. The maximum absolute atomic E-state index is 5.56. The zero-order valence-electron chi connectivity index (χ0n) is 8.32. The molecule has 5 heteroatoms. The predicted octanol–water partition coefficient (Wildman–Crippen LogP) is 3.71. The first-order valence-electron chi connectivity index (χ1n) is 4.38. The fraction of sp³-hybridized carbons (Fsp3) is 0.200. The van der Waals surface area contributed by atoms with E-state index < -0.39 is 0 Å². The van der Waals surface area contributed by atoms with Gasteiger partial charge in [0.05, 0.1) is 0 Å². The van der Waals surface area contributed by atoms with Crippen molar-refractivity contribution >= 4 is 27.5 Å². The number of hydrogen-bond donors (Lipinski definition) is 0. The molecule has 0 aliphatic rings. The molecule has 0 amide bonds. The zero-order chi connectivity index (χ0) is 10.8. The molecule has 0 spiro atoms. The van der Waals surface area contributed by atoms with Crippen molar-refractivity contribution in [3.63, 3.8) is 0 Å². The van der Waals surface area contributed by atoms with E-state index in [-0.39, 0.29) is 0 Å². The highest BCUT2D eigenvalue weighted by molar-refractivity contribution is 9.10. The van der Waals surface area contributed by atoms with Gasteiger partial charge in [-0.15, -0.1) is 0 Å². The van der Waals surface area contributed by atoms with E-state index in [1.165, 1.54) is 17.9 Å². The molecule has 3 nitrogen and oxygen atoms in total. The predicted molar refractivity (Wildman–Crippen MR) is 63.6 cm³/mol. The molecule has 0 fully saturated rings. The molecule has 0 radical (unpaired) electrons. The maximum Gasteiger partial charge on any atom is 0.298 e. The molecule has 2 aromatic rings. The Hall–Kier alpha value is -0.940. The van der Waals surface area contributed by atoms with Gasteiger partial charge in [0.15, 0.2) is 0 Å². The average molecular weight is 285 g/mol. The van der Waals surface area contributed by atoms with E-state index >= 15 is 0 Å². The van der Waals surface area contributed by atoms with Crippen LogP contribution in [0.25, 0.3) is 0 Å². The number of rotatable bonds is 2. The molecule has 0 N–H and O–H groups in total. The lowest BCUT2D eigenvalue weighted by atomic mass is 10.1. The molecule has 0 aliphatic heterocycles. The lowest BCUT2D eigenvalue weighted by Gasteiger charge is -2.06. The molecule has 0 bridgehead atoms. The summed E-state index contributed by atoms with van der Waals surface area (Å²) in [5, 5.41) is 0.566. The van der Waals surface area contributed by atoms with Crippen LogP contribution in [-0.2, 0) is 0 Å². The quantitative estimate of drug-likeness (QED) is 0.843. The molecule has 1 aromatic heterocycles. The van der Waals surface area contributed by atoms with E-state index in [0.29, 0.717) is 5.19 Å². The lowest BCUT2D eigenvalue weighted by Crippen LogP contribution is -1.87. The van der Waals surface area contributed by atoms with Crippen LogP contribution in [0.4, 0.5) is 0 Å². The van der Waals surface area contributed by atoms with Crippen LogP contribution in [0, 0.1) is 13.8 Å². The van der Waals surface area contributed by atoms with Crippen molar-refractivity contribution in [2.45, 2.75) is 13.8 Å². The van der Waals surface area contributed by atoms with Gasteiger partial charge in [0, 0.05) is 16.0 Å². The molecule has 2 rings (SSSR count). The van der Waals surface area contributed by atoms with Gasteiger partial charge in [0.2, 0.25) is 0 Å². The lowest BCUT2D eigenvalue weighted by molar-refractivity contribution is 0.478. The molecule has 0 aliphatic carbocycles. The van der Waals surface area contributed by atoms with Crippen molar-refractivity contribution in [1.29, 1.82) is 0 Å². The van der Waals surface area contributed by atoms with Crippen LogP contribution >= 0.6 is 27.5 Å². The average Bonchev–Trinajstić information content (AvgIpc) is 2.66. The Balaban J connectivity index is 2.30. The van der Waals surface area contributed by atoms with Gasteiger partial charge in [-0.05, 0) is 37.1 Å². The van der Waals surface area contributed by atoms with Gasteiger partial charge in [-0.2, -0.15) is 9.36 Å². The summed E-state index contributed by atoms with van der Waals surface area (Å²) in [5.74, 6) is 0.796. The number of halogens is 1. The minimum atomic E-state index is 0.566. The molecule has 78 valence electrons. The first-order valence-corrected chi connectivity index (χ1v) is 5.95. The third-order valence-electron chi connectivity index (χ3n) is 1.96. The van der Waals surface area contributed by atoms with Crippen LogP contribution in [0.2, 0.25) is 0 Å². The summed E-state index contributed by atoms with van der Waals surface area (Å²) in [5.41, 5.74) is 2.30. The van der Waals surface area contributed by atoms with Gasteiger partial charge in [0.25, 0.3) is 5.19 Å². The normalized spacial score (nSPS) is 10.3. The van der Waals surface area contributed by atoms with Crippen molar-refractivity contribution < 1.29 is 4.74 Å². The van der Waals surface area contributed by atoms with Crippen LogP contribution in [0.5, 0.6) is 10.9 Å². The second-order valence-corrected chi connectivity index (χ2v) is 4.72. The highest BCUT2D eigenvalue weighted by Gasteiger charge is 2.05. The van der Waals surface area contributed by atoms with E-state index in [2.05, 4.69) is 25.3 Å². The molecule has 1 aromatic carbocycles. The van der Waals surface area contributed by atoms with Crippen molar-refractivity contribution in [2.75, 3.05) is 0 Å². The number of hydrogen-bond acceptors (Lipinski definition) is 4. The van der Waals surface area contributed by atoms with Gasteiger partial charge < -0.3 is 4.74 Å². The third-order valence-corrected chi connectivity index (χ3v) is 3.75. The zero-order valence-corrected chi connectivity index (χ0v) is 10.7. The first-order chi connectivity index (χ1) is 7.16. The summed E-state index contributed by atoms with van der Waals surface area (Å²) in [7, 11) is 0. The van der Waals surface area contributed by atoms with E-state index in [1.807, 2.05) is 26.0 Å². The topological polar surface area (TPSA) is 35.0 Å². The molecule has 0 atom stereocenters. The molecular formula is C10H9BrN2OS. The Morgan fingerprint density at radius 3 is 2.47 bits per heavy atom. The van der Waals surface area contributed by atoms with Crippen LogP contribution in [0.15, 0.2) is 22.9 Å². The second-order valence-electron chi connectivity index (χ2n) is 3.18. The number of nitrogens with zero attached hydrogens (tertiary/aromatic N) is 2. The molecule has 0 saturated heterocycles. The Morgan fingerprint density at radius 2 is 1.93 bits per heavy atom. The summed E-state index contributed by atoms with van der Waals surface area (Å²) >= 11 is 4.75. The SMILES string of the molecule is Cc1cc(Oc2ncns2)cc(C)c1Br. The smallest absolute Gasteiger partial charge is 0.298 e. The Morgan fingerprint density at radius 1 is 1.27 bits per heavy atom. The van der Waals surface area contributed by atoms with Gasteiger partial charge in [-0.1, -0.05) is 15.9 Å². The number of benzene rings is 1. The van der Waals surface area contributed by atoms with Crippen molar-refractivity contribution in [1.82, 2.24) is 9.36 Å². The summed E-state index contributed by atoms with van der Waals surface area (Å²) in [4.78, 5) is 3.97. The largest absolute Gasteiger partial charge is 0.430 e. The van der Waals surface area contributed by atoms with E-state index in [9.17, 15) is 0 Å². The second kappa shape index (κ2) is 4.28. The van der Waals surface area contributed by atoms with Crippen LogP contribution < -0.4 is 4.74 Å². The summed E-state index contributed by atoms with van der Waals surface area (Å²) in [6.45, 7) is 4.06. The molecular weight excluding hydrogens is 276 g/mol. The van der Waals surface area contributed by atoms with Gasteiger partial charge in [-0.3, -0.25) is 0 Å². The molecule has 1 heterocycles. The van der Waals surface area contributed by atoms with Crippen LogP contribution in [0.1, 0.15) is 11.1 Å². The monoisotopic (exact) mass is 284 g/mol. The number of ether oxygens (including phenoxy) is 1. The first kappa shape index (κ1) is 10.6. The fourth-order valence-corrected chi connectivity index (χ4v) is 1.91. The Labute approximate surface area is 100 Å². The van der Waals surface area contributed by atoms with E-state index in [1.54, 1.807) is 0 Å². The van der Waals surface area contributed by atoms with E-state index in [0.717, 1.165) is 21.3 Å². The molecule has 15 heavy (non-hydrogen) atoms. The Bertz CT molecular complexity index is 447. The van der Waals surface area contributed by atoms with Crippen molar-refractivity contribution in [3.05, 3.63) is 34.1 Å². The maximum atomic E-state index is 5.56. The van der Waals surface area contributed by atoms with Gasteiger partial charge >= 0.3 is 0 Å². The highest BCUT2D eigenvalue weighted by atomic mass is 79.9. The minimum Gasteiger partial charge on any atom is -0.430 e. The standard InChI is InChI=1S/C10H9BrN2OS/c1-6-3-8(4-7(2)9(6)11)14-10-12-5-13-15-10/h3-5H,1-2H3. The highest BCUT2D eigenvalue weighted by Crippen LogP contribution is 2.29. The molecule has 0 saturated carbocycles. The summed E-state index contributed by atoms with van der Waals surface area (Å²) in [6.07, 6.45) is 1.48.